The summed E-state index contributed by atoms with van der Waals surface area (Å²) >= 11 is 5.91. The van der Waals surface area contributed by atoms with E-state index in [1.54, 1.807) is 0 Å². The summed E-state index contributed by atoms with van der Waals surface area (Å²) in [5.41, 5.74) is 1.35. The Bertz CT molecular complexity index is 508. The second kappa shape index (κ2) is 4.37. The van der Waals surface area contributed by atoms with Gasteiger partial charge in [0, 0.05) is 13.0 Å². The molecule has 1 aromatic heterocycles. The van der Waals surface area contributed by atoms with Crippen molar-refractivity contribution in [3.8, 4) is 0 Å². The molecule has 0 radical (unpaired) electrons. The molecule has 3 heterocycles. The third kappa shape index (κ3) is 1.91. The van der Waals surface area contributed by atoms with E-state index < -0.39 is 0 Å². The molecule has 18 heavy (non-hydrogen) atoms. The monoisotopic (exact) mass is 268 g/mol. The molecule has 3 rings (SSSR count). The van der Waals surface area contributed by atoms with E-state index in [0.29, 0.717) is 43.4 Å². The van der Waals surface area contributed by atoms with Crippen molar-refractivity contribution in [1.82, 2.24) is 9.97 Å². The van der Waals surface area contributed by atoms with E-state index in [-0.39, 0.29) is 17.2 Å². The predicted octanol–water partition coefficient (Wildman–Crippen LogP) is 0.986. The summed E-state index contributed by atoms with van der Waals surface area (Å²) in [4.78, 5) is 22.3. The lowest BCUT2D eigenvalue weighted by Gasteiger charge is -2.35. The van der Waals surface area contributed by atoms with Crippen molar-refractivity contribution < 1.29 is 9.53 Å². The Hall–Kier alpha value is -1.40. The molecular weight excluding hydrogens is 256 g/mol. The van der Waals surface area contributed by atoms with Crippen LogP contribution >= 0.6 is 11.6 Å². The lowest BCUT2D eigenvalue weighted by Crippen LogP contribution is -2.46. The molecule has 6 nitrogen and oxygen atoms in total. The largest absolute Gasteiger partial charge is 0.377 e. The molecular formula is C11H13ClN4O2. The molecule has 96 valence electrons. The van der Waals surface area contributed by atoms with Crippen LogP contribution in [0.5, 0.6) is 0 Å². The maximum absolute atomic E-state index is 11.9. The van der Waals surface area contributed by atoms with E-state index in [9.17, 15) is 4.79 Å². The van der Waals surface area contributed by atoms with E-state index >= 15 is 0 Å². The molecule has 0 aromatic carbocycles. The van der Waals surface area contributed by atoms with Gasteiger partial charge < -0.3 is 15.0 Å². The fraction of sp³-hybridized carbons (Fsp3) is 0.545. The van der Waals surface area contributed by atoms with Gasteiger partial charge in [-0.05, 0) is 18.5 Å². The minimum Gasteiger partial charge on any atom is -0.377 e. The van der Waals surface area contributed by atoms with E-state index in [1.165, 1.54) is 0 Å². The quantitative estimate of drug-likeness (QED) is 0.711. The fourth-order valence-corrected chi connectivity index (χ4v) is 2.59. The highest BCUT2D eigenvalue weighted by Gasteiger charge is 2.32. The topological polar surface area (TPSA) is 67.3 Å². The van der Waals surface area contributed by atoms with E-state index in [4.69, 9.17) is 16.3 Å². The molecule has 1 fully saturated rings. The highest BCUT2D eigenvalue weighted by atomic mass is 35.5. The molecule has 2 aliphatic rings. The predicted molar refractivity (Wildman–Crippen MR) is 67.0 cm³/mol. The number of morpholine rings is 1. The average Bonchev–Trinajstić information content (AvgIpc) is 2.46. The maximum atomic E-state index is 11.9. The molecule has 0 aliphatic carbocycles. The van der Waals surface area contributed by atoms with Crippen LogP contribution in [0.3, 0.4) is 0 Å². The van der Waals surface area contributed by atoms with Gasteiger partial charge in [0.2, 0.25) is 11.2 Å². The lowest BCUT2D eigenvalue weighted by atomic mass is 10.1. The number of carbonyl (C=O) groups is 1. The van der Waals surface area contributed by atoms with Crippen LogP contribution in [0.2, 0.25) is 5.28 Å². The molecule has 7 heteroatoms. The molecule has 0 spiro atoms. The SMILES string of the molecule is Cc1nc(Cl)nc2c1NC(=O)CC1COCCN21. The van der Waals surface area contributed by atoms with Crippen molar-refractivity contribution in [3.63, 3.8) is 0 Å². The standard InChI is InChI=1S/C11H13ClN4O2/c1-6-9-10(15-11(12)13-6)16-2-3-18-5-7(16)4-8(17)14-9/h7H,2-5H2,1H3,(H,14,17). The van der Waals surface area contributed by atoms with Crippen molar-refractivity contribution in [1.29, 1.82) is 0 Å². The van der Waals surface area contributed by atoms with Gasteiger partial charge in [-0.1, -0.05) is 0 Å². The first-order valence-electron chi connectivity index (χ1n) is 5.83. The van der Waals surface area contributed by atoms with Crippen LogP contribution in [0.1, 0.15) is 12.1 Å². The molecule has 1 unspecified atom stereocenters. The maximum Gasteiger partial charge on any atom is 0.226 e. The van der Waals surface area contributed by atoms with Gasteiger partial charge in [0.15, 0.2) is 5.82 Å². The Morgan fingerprint density at radius 2 is 2.33 bits per heavy atom. The summed E-state index contributed by atoms with van der Waals surface area (Å²) in [6.07, 6.45) is 0.396. The number of nitrogens with one attached hydrogen (secondary N) is 1. The number of carbonyl (C=O) groups excluding carboxylic acids is 1. The number of anilines is 2. The molecule has 1 saturated heterocycles. The first-order valence-corrected chi connectivity index (χ1v) is 6.21. The third-order valence-corrected chi connectivity index (χ3v) is 3.40. The number of hydrogen-bond donors (Lipinski definition) is 1. The summed E-state index contributed by atoms with van der Waals surface area (Å²) in [6, 6.07) is 0.0189. The molecule has 0 saturated carbocycles. The van der Waals surface area contributed by atoms with Crippen LogP contribution in [0, 0.1) is 6.92 Å². The van der Waals surface area contributed by atoms with Gasteiger partial charge in [0.25, 0.3) is 0 Å². The van der Waals surface area contributed by atoms with E-state index in [1.807, 2.05) is 6.92 Å². The molecule has 1 aromatic rings. The van der Waals surface area contributed by atoms with Crippen LogP contribution in [0.4, 0.5) is 11.5 Å². The van der Waals surface area contributed by atoms with Crippen molar-refractivity contribution in [2.24, 2.45) is 0 Å². The summed E-state index contributed by atoms with van der Waals surface area (Å²) in [5.74, 6) is 0.662. The lowest BCUT2D eigenvalue weighted by molar-refractivity contribution is -0.116. The average molecular weight is 269 g/mol. The van der Waals surface area contributed by atoms with Crippen molar-refractivity contribution in [3.05, 3.63) is 11.0 Å². The highest BCUT2D eigenvalue weighted by molar-refractivity contribution is 6.28. The number of aromatic nitrogens is 2. The van der Waals surface area contributed by atoms with Crippen LogP contribution in [0.15, 0.2) is 0 Å². The van der Waals surface area contributed by atoms with E-state index in [0.717, 1.165) is 0 Å². The van der Waals surface area contributed by atoms with Gasteiger partial charge >= 0.3 is 0 Å². The molecule has 1 N–H and O–H groups in total. The number of amides is 1. The van der Waals surface area contributed by atoms with Gasteiger partial charge in [0.1, 0.15) is 5.69 Å². The second-order valence-electron chi connectivity index (χ2n) is 4.45. The number of ether oxygens (including phenoxy) is 1. The Morgan fingerprint density at radius 3 is 3.17 bits per heavy atom. The van der Waals surface area contributed by atoms with Gasteiger partial charge in [0.05, 0.1) is 24.9 Å². The first kappa shape index (κ1) is 11.7. The third-order valence-electron chi connectivity index (χ3n) is 3.23. The minimum atomic E-state index is -0.0386. The summed E-state index contributed by atoms with van der Waals surface area (Å²) in [7, 11) is 0. The molecule has 1 amide bonds. The van der Waals surface area contributed by atoms with Gasteiger partial charge in [-0.25, -0.2) is 4.98 Å². The molecule has 1 atom stereocenters. The Balaban J connectivity index is 2.12. The second-order valence-corrected chi connectivity index (χ2v) is 4.79. The zero-order valence-corrected chi connectivity index (χ0v) is 10.7. The number of hydrogen-bond acceptors (Lipinski definition) is 5. The number of halogens is 1. The Kier molecular flexibility index (Phi) is 2.83. The Morgan fingerprint density at radius 1 is 1.50 bits per heavy atom. The highest BCUT2D eigenvalue weighted by Crippen LogP contribution is 2.33. The zero-order valence-electron chi connectivity index (χ0n) is 9.94. The fourth-order valence-electron chi connectivity index (χ4n) is 2.39. The van der Waals surface area contributed by atoms with Gasteiger partial charge in [-0.2, -0.15) is 4.98 Å². The smallest absolute Gasteiger partial charge is 0.226 e. The number of nitrogens with zero attached hydrogens (tertiary/aromatic N) is 3. The number of rotatable bonds is 0. The number of aryl methyl sites for hydroxylation is 1. The Labute approximate surface area is 109 Å². The van der Waals surface area contributed by atoms with Crippen LogP contribution in [-0.4, -0.2) is 41.7 Å². The first-order chi connectivity index (χ1) is 8.65. The summed E-state index contributed by atoms with van der Waals surface area (Å²) in [6.45, 7) is 3.69. The van der Waals surface area contributed by atoms with Crippen molar-refractivity contribution in [2.75, 3.05) is 30.0 Å². The van der Waals surface area contributed by atoms with E-state index in [2.05, 4.69) is 20.2 Å². The van der Waals surface area contributed by atoms with Crippen molar-refractivity contribution in [2.45, 2.75) is 19.4 Å². The van der Waals surface area contributed by atoms with Crippen molar-refractivity contribution >= 4 is 29.0 Å². The minimum absolute atomic E-state index is 0.0189. The molecule has 0 bridgehead atoms. The normalized spacial score (nSPS) is 22.9. The zero-order chi connectivity index (χ0) is 12.7. The molecule has 2 aliphatic heterocycles. The summed E-state index contributed by atoms with van der Waals surface area (Å²) in [5, 5.41) is 3.06. The van der Waals surface area contributed by atoms with Gasteiger partial charge in [-0.15, -0.1) is 0 Å². The summed E-state index contributed by atoms with van der Waals surface area (Å²) < 4.78 is 5.42. The van der Waals surface area contributed by atoms with Crippen LogP contribution < -0.4 is 10.2 Å². The van der Waals surface area contributed by atoms with Crippen LogP contribution in [-0.2, 0) is 9.53 Å². The van der Waals surface area contributed by atoms with Crippen LogP contribution in [0.25, 0.3) is 0 Å². The van der Waals surface area contributed by atoms with Gasteiger partial charge in [-0.3, -0.25) is 4.79 Å². The number of fused-ring (bicyclic) bond motifs is 3.